The number of benzene rings is 2. The van der Waals surface area contributed by atoms with Crippen molar-refractivity contribution in [1.82, 2.24) is 9.97 Å². The first-order valence-electron chi connectivity index (χ1n) is 7.27. The summed E-state index contributed by atoms with van der Waals surface area (Å²) in [7, 11) is 0. The van der Waals surface area contributed by atoms with Crippen LogP contribution in [0, 0.1) is 6.92 Å². The summed E-state index contributed by atoms with van der Waals surface area (Å²) in [6.07, 6.45) is -4.36. The highest BCUT2D eigenvalue weighted by atomic mass is 19.4. The van der Waals surface area contributed by atoms with Crippen LogP contribution in [0.5, 0.6) is 0 Å². The third-order valence-corrected chi connectivity index (χ3v) is 3.86. The molecule has 0 fully saturated rings. The summed E-state index contributed by atoms with van der Waals surface area (Å²) < 4.78 is 43.8. The van der Waals surface area contributed by atoms with Crippen molar-refractivity contribution in [3.8, 4) is 11.4 Å². The molecule has 0 aliphatic rings. The third kappa shape index (κ3) is 2.31. The smallest absolute Gasteiger partial charge is 0.416 e. The van der Waals surface area contributed by atoms with Gasteiger partial charge in [-0.3, -0.25) is 0 Å². The Labute approximate surface area is 134 Å². The van der Waals surface area contributed by atoms with Gasteiger partial charge in [0.15, 0.2) is 11.4 Å². The number of hydrogen-bond donors (Lipinski definition) is 0. The molecule has 0 amide bonds. The number of rotatable bonds is 1. The summed E-state index contributed by atoms with van der Waals surface area (Å²) in [5.74, 6) is 0.375. The Morgan fingerprint density at radius 2 is 1.62 bits per heavy atom. The molecule has 4 rings (SSSR count). The summed E-state index contributed by atoms with van der Waals surface area (Å²) in [6, 6.07) is 12.3. The number of para-hydroxylation sites is 1. The Bertz CT molecular complexity index is 1050. The fourth-order valence-electron chi connectivity index (χ4n) is 2.67. The van der Waals surface area contributed by atoms with E-state index < -0.39 is 11.7 Å². The molecular formula is C18H11F3N2O. The molecule has 120 valence electrons. The van der Waals surface area contributed by atoms with Crippen LogP contribution < -0.4 is 0 Å². The van der Waals surface area contributed by atoms with Crippen LogP contribution in [0.2, 0.25) is 0 Å². The second-order valence-electron chi connectivity index (χ2n) is 5.48. The summed E-state index contributed by atoms with van der Waals surface area (Å²) in [4.78, 5) is 8.87. The Balaban J connectivity index is 1.89. The molecule has 0 unspecified atom stereocenters. The molecule has 0 N–H and O–H groups in total. The molecule has 0 saturated heterocycles. The lowest BCUT2D eigenvalue weighted by atomic mass is 10.1. The standard InChI is InChI=1S/C18H11F3N2O/c1-10-16-15(13-4-2-3-5-14(13)24-16)23-17(22-10)11-6-8-12(9-7-11)18(19,20)21/h2-9H,1H3. The van der Waals surface area contributed by atoms with E-state index in [4.69, 9.17) is 4.42 Å². The molecule has 6 heteroatoms. The van der Waals surface area contributed by atoms with Gasteiger partial charge < -0.3 is 4.42 Å². The SMILES string of the molecule is Cc1nc(-c2ccc(C(F)(F)F)cc2)nc2c1oc1ccccc12. The minimum absolute atomic E-state index is 0.375. The first-order valence-corrected chi connectivity index (χ1v) is 7.27. The molecule has 2 aromatic carbocycles. The van der Waals surface area contributed by atoms with Crippen LogP contribution in [0.25, 0.3) is 33.5 Å². The van der Waals surface area contributed by atoms with E-state index in [1.54, 1.807) is 6.92 Å². The van der Waals surface area contributed by atoms with Gasteiger partial charge in [-0.1, -0.05) is 24.3 Å². The van der Waals surface area contributed by atoms with Crippen molar-refractivity contribution in [2.45, 2.75) is 13.1 Å². The molecule has 4 aromatic rings. The van der Waals surface area contributed by atoms with Gasteiger partial charge in [0.2, 0.25) is 0 Å². The van der Waals surface area contributed by atoms with Gasteiger partial charge in [-0.05, 0) is 31.2 Å². The average molecular weight is 328 g/mol. The molecule has 0 bridgehead atoms. The van der Waals surface area contributed by atoms with Crippen molar-refractivity contribution in [3.63, 3.8) is 0 Å². The summed E-state index contributed by atoms with van der Waals surface area (Å²) in [6.45, 7) is 1.79. The maximum absolute atomic E-state index is 12.7. The van der Waals surface area contributed by atoms with Crippen LogP contribution in [0.1, 0.15) is 11.3 Å². The first-order chi connectivity index (χ1) is 11.4. The zero-order valence-corrected chi connectivity index (χ0v) is 12.6. The summed E-state index contributed by atoms with van der Waals surface area (Å²) >= 11 is 0. The van der Waals surface area contributed by atoms with Gasteiger partial charge in [0.25, 0.3) is 0 Å². The van der Waals surface area contributed by atoms with Crippen molar-refractivity contribution in [2.75, 3.05) is 0 Å². The molecule has 0 saturated carbocycles. The quantitative estimate of drug-likeness (QED) is 0.471. The predicted octanol–water partition coefficient (Wildman–Crippen LogP) is 5.37. The van der Waals surface area contributed by atoms with Crippen LogP contribution in [0.4, 0.5) is 13.2 Å². The van der Waals surface area contributed by atoms with Crippen molar-refractivity contribution in [3.05, 3.63) is 59.8 Å². The number of alkyl halides is 3. The van der Waals surface area contributed by atoms with Gasteiger partial charge in [0.05, 0.1) is 11.3 Å². The second-order valence-corrected chi connectivity index (χ2v) is 5.48. The lowest BCUT2D eigenvalue weighted by molar-refractivity contribution is -0.137. The highest BCUT2D eigenvalue weighted by molar-refractivity contribution is 6.03. The van der Waals surface area contributed by atoms with E-state index in [1.807, 2.05) is 24.3 Å². The molecule has 0 radical (unpaired) electrons. The highest BCUT2D eigenvalue weighted by Gasteiger charge is 2.30. The first kappa shape index (κ1) is 14.7. The topological polar surface area (TPSA) is 38.9 Å². The predicted molar refractivity (Wildman–Crippen MR) is 84.5 cm³/mol. The number of aromatic nitrogens is 2. The summed E-state index contributed by atoms with van der Waals surface area (Å²) in [5.41, 5.74) is 2.43. The molecule has 2 aromatic heterocycles. The molecule has 3 nitrogen and oxygen atoms in total. The Morgan fingerprint density at radius 3 is 2.33 bits per heavy atom. The lowest BCUT2D eigenvalue weighted by Crippen LogP contribution is -2.04. The molecule has 2 heterocycles. The van der Waals surface area contributed by atoms with Crippen LogP contribution >= 0.6 is 0 Å². The van der Waals surface area contributed by atoms with E-state index in [9.17, 15) is 13.2 Å². The fraction of sp³-hybridized carbons (Fsp3) is 0.111. The molecule has 24 heavy (non-hydrogen) atoms. The zero-order chi connectivity index (χ0) is 16.9. The number of nitrogens with zero attached hydrogens (tertiary/aromatic N) is 2. The maximum Gasteiger partial charge on any atom is 0.416 e. The van der Waals surface area contributed by atoms with Gasteiger partial charge >= 0.3 is 6.18 Å². The van der Waals surface area contributed by atoms with Crippen molar-refractivity contribution in [1.29, 1.82) is 0 Å². The lowest BCUT2D eigenvalue weighted by Gasteiger charge is -2.07. The largest absolute Gasteiger partial charge is 0.452 e. The minimum Gasteiger partial charge on any atom is -0.452 e. The van der Waals surface area contributed by atoms with E-state index in [2.05, 4.69) is 9.97 Å². The number of hydrogen-bond acceptors (Lipinski definition) is 3. The second kappa shape index (κ2) is 5.06. The van der Waals surface area contributed by atoms with Gasteiger partial charge in [-0.25, -0.2) is 9.97 Å². The number of furan rings is 1. The molecule has 0 atom stereocenters. The molecule has 0 aliphatic heterocycles. The number of fused-ring (bicyclic) bond motifs is 3. The Morgan fingerprint density at radius 1 is 0.917 bits per heavy atom. The van der Waals surface area contributed by atoms with Crippen LogP contribution in [-0.2, 0) is 6.18 Å². The fourth-order valence-corrected chi connectivity index (χ4v) is 2.67. The zero-order valence-electron chi connectivity index (χ0n) is 12.6. The van der Waals surface area contributed by atoms with E-state index in [0.29, 0.717) is 33.8 Å². The third-order valence-electron chi connectivity index (χ3n) is 3.86. The van der Waals surface area contributed by atoms with Crippen LogP contribution in [0.3, 0.4) is 0 Å². The van der Waals surface area contributed by atoms with E-state index in [1.165, 1.54) is 12.1 Å². The molecule has 0 spiro atoms. The van der Waals surface area contributed by atoms with Gasteiger partial charge in [-0.15, -0.1) is 0 Å². The van der Waals surface area contributed by atoms with Crippen LogP contribution in [-0.4, -0.2) is 9.97 Å². The van der Waals surface area contributed by atoms with Crippen molar-refractivity contribution < 1.29 is 17.6 Å². The van der Waals surface area contributed by atoms with Crippen LogP contribution in [0.15, 0.2) is 52.9 Å². The molecule has 0 aliphatic carbocycles. The van der Waals surface area contributed by atoms with Gasteiger partial charge in [0, 0.05) is 10.9 Å². The summed E-state index contributed by atoms with van der Waals surface area (Å²) in [5, 5.41) is 0.853. The Hall–Kier alpha value is -2.89. The van der Waals surface area contributed by atoms with E-state index in [0.717, 1.165) is 17.5 Å². The minimum atomic E-state index is -4.36. The van der Waals surface area contributed by atoms with Crippen molar-refractivity contribution >= 4 is 22.1 Å². The number of halogens is 3. The van der Waals surface area contributed by atoms with E-state index >= 15 is 0 Å². The number of aryl methyl sites for hydroxylation is 1. The molecular weight excluding hydrogens is 317 g/mol. The van der Waals surface area contributed by atoms with Gasteiger partial charge in [-0.2, -0.15) is 13.2 Å². The maximum atomic E-state index is 12.7. The Kier molecular flexibility index (Phi) is 3.09. The highest BCUT2D eigenvalue weighted by Crippen LogP contribution is 2.32. The van der Waals surface area contributed by atoms with Crippen molar-refractivity contribution in [2.24, 2.45) is 0 Å². The average Bonchev–Trinajstić information content (AvgIpc) is 2.94. The van der Waals surface area contributed by atoms with E-state index in [-0.39, 0.29) is 0 Å². The monoisotopic (exact) mass is 328 g/mol. The normalized spacial score (nSPS) is 12.2. The van der Waals surface area contributed by atoms with Gasteiger partial charge in [0.1, 0.15) is 11.1 Å².